The summed E-state index contributed by atoms with van der Waals surface area (Å²) in [5.74, 6) is -0.699. The third-order valence-electron chi connectivity index (χ3n) is 7.03. The van der Waals surface area contributed by atoms with Gasteiger partial charge in [0.1, 0.15) is 6.10 Å². The van der Waals surface area contributed by atoms with Gasteiger partial charge in [-0.3, -0.25) is 9.59 Å². The summed E-state index contributed by atoms with van der Waals surface area (Å²) in [6.45, 7) is 8.40. The van der Waals surface area contributed by atoms with Gasteiger partial charge in [0.15, 0.2) is 0 Å². The predicted octanol–water partition coefficient (Wildman–Crippen LogP) is 7.48. The lowest BCUT2D eigenvalue weighted by atomic mass is 10.1. The van der Waals surface area contributed by atoms with Crippen LogP contribution < -0.4 is 5.73 Å². The Morgan fingerprint density at radius 2 is 1.19 bits per heavy atom. The van der Waals surface area contributed by atoms with Crippen molar-refractivity contribution in [2.24, 2.45) is 5.73 Å². The van der Waals surface area contributed by atoms with Crippen molar-refractivity contribution in [3.63, 3.8) is 0 Å². The summed E-state index contributed by atoms with van der Waals surface area (Å²) >= 11 is 0. The molecular formula is C30H60N2O4. The third-order valence-corrected chi connectivity index (χ3v) is 7.03. The van der Waals surface area contributed by atoms with Crippen molar-refractivity contribution in [1.29, 1.82) is 0 Å². The molecule has 0 radical (unpaired) electrons. The fraction of sp³-hybridized carbons (Fsp3) is 0.933. The van der Waals surface area contributed by atoms with Crippen LogP contribution in [0.1, 0.15) is 149 Å². The number of hydrogen-bond acceptors (Lipinski definition) is 5. The highest BCUT2D eigenvalue weighted by Crippen LogP contribution is 2.15. The van der Waals surface area contributed by atoms with Crippen molar-refractivity contribution in [1.82, 2.24) is 4.90 Å². The van der Waals surface area contributed by atoms with Crippen LogP contribution in [0.4, 0.5) is 0 Å². The van der Waals surface area contributed by atoms with E-state index in [0.29, 0.717) is 12.8 Å². The number of carbonyl (C=O) groups is 2. The van der Waals surface area contributed by atoms with Gasteiger partial charge in [-0.25, -0.2) is 0 Å². The number of carbonyl (C=O) groups excluding carboxylic acids is 1. The van der Waals surface area contributed by atoms with Gasteiger partial charge in [-0.2, -0.15) is 0 Å². The zero-order chi connectivity index (χ0) is 26.7. The molecule has 0 amide bonds. The predicted molar refractivity (Wildman–Crippen MR) is 151 cm³/mol. The SMILES string of the molecule is CCCCCCCCC(CC)OC(=O)CCCCCCCN(CCCN)CCCCCCCC(=O)O. The smallest absolute Gasteiger partial charge is 0.306 e. The van der Waals surface area contributed by atoms with Crippen molar-refractivity contribution in [2.75, 3.05) is 26.2 Å². The normalized spacial score (nSPS) is 12.2. The van der Waals surface area contributed by atoms with Gasteiger partial charge in [0.05, 0.1) is 0 Å². The van der Waals surface area contributed by atoms with Gasteiger partial charge >= 0.3 is 11.9 Å². The highest BCUT2D eigenvalue weighted by Gasteiger charge is 2.12. The number of hydrogen-bond donors (Lipinski definition) is 2. The first-order valence-corrected chi connectivity index (χ1v) is 15.4. The average molecular weight is 513 g/mol. The molecule has 1 atom stereocenters. The minimum absolute atomic E-state index is 0.0104. The van der Waals surface area contributed by atoms with Gasteiger partial charge in [0.2, 0.25) is 0 Å². The summed E-state index contributed by atoms with van der Waals surface area (Å²) in [6.07, 6.45) is 22.5. The lowest BCUT2D eigenvalue weighted by Crippen LogP contribution is -2.28. The van der Waals surface area contributed by atoms with Crippen molar-refractivity contribution in [3.8, 4) is 0 Å². The molecule has 0 aromatic rings. The molecule has 214 valence electrons. The molecule has 36 heavy (non-hydrogen) atoms. The Kier molecular flexibility index (Phi) is 26.1. The van der Waals surface area contributed by atoms with Crippen LogP contribution in [-0.2, 0) is 14.3 Å². The van der Waals surface area contributed by atoms with E-state index in [1.165, 1.54) is 70.6 Å². The molecule has 0 aromatic heterocycles. The zero-order valence-corrected chi connectivity index (χ0v) is 24.0. The van der Waals surface area contributed by atoms with Crippen LogP contribution in [-0.4, -0.2) is 54.2 Å². The Morgan fingerprint density at radius 3 is 1.75 bits per heavy atom. The largest absolute Gasteiger partial charge is 0.481 e. The summed E-state index contributed by atoms with van der Waals surface area (Å²) in [4.78, 5) is 25.3. The van der Waals surface area contributed by atoms with E-state index in [4.69, 9.17) is 15.6 Å². The molecule has 0 aromatic carbocycles. The van der Waals surface area contributed by atoms with Crippen LogP contribution in [0.15, 0.2) is 0 Å². The zero-order valence-electron chi connectivity index (χ0n) is 24.0. The second-order valence-corrected chi connectivity index (χ2v) is 10.5. The number of ether oxygens (including phenoxy) is 1. The van der Waals surface area contributed by atoms with Gasteiger partial charge in [-0.1, -0.05) is 84.5 Å². The van der Waals surface area contributed by atoms with Gasteiger partial charge < -0.3 is 20.5 Å². The minimum atomic E-state index is -0.688. The van der Waals surface area contributed by atoms with Crippen LogP contribution in [0.25, 0.3) is 0 Å². The molecule has 0 aliphatic carbocycles. The van der Waals surface area contributed by atoms with Gasteiger partial charge in [0.25, 0.3) is 0 Å². The molecule has 1 unspecified atom stereocenters. The van der Waals surface area contributed by atoms with Crippen LogP contribution in [0.5, 0.6) is 0 Å². The first kappa shape index (κ1) is 34.9. The maximum absolute atomic E-state index is 12.2. The van der Waals surface area contributed by atoms with E-state index < -0.39 is 5.97 Å². The van der Waals surface area contributed by atoms with E-state index >= 15 is 0 Å². The Balaban J connectivity index is 3.79. The maximum Gasteiger partial charge on any atom is 0.306 e. The van der Waals surface area contributed by atoms with E-state index in [1.807, 2.05) is 0 Å². The summed E-state index contributed by atoms with van der Waals surface area (Å²) in [5.41, 5.74) is 5.72. The van der Waals surface area contributed by atoms with E-state index in [9.17, 15) is 9.59 Å². The summed E-state index contributed by atoms with van der Waals surface area (Å²) in [6, 6.07) is 0. The monoisotopic (exact) mass is 512 g/mol. The summed E-state index contributed by atoms with van der Waals surface area (Å²) in [7, 11) is 0. The molecule has 0 heterocycles. The van der Waals surface area contributed by atoms with Crippen molar-refractivity contribution in [3.05, 3.63) is 0 Å². The molecule has 0 spiro atoms. The Bertz CT molecular complexity index is 501. The number of rotatable bonds is 28. The quantitative estimate of drug-likeness (QED) is 0.0834. The van der Waals surface area contributed by atoms with Crippen LogP contribution in [0.2, 0.25) is 0 Å². The maximum atomic E-state index is 12.2. The van der Waals surface area contributed by atoms with Crippen LogP contribution in [0, 0.1) is 0 Å². The molecule has 0 aliphatic heterocycles. The Hall–Kier alpha value is -1.14. The second-order valence-electron chi connectivity index (χ2n) is 10.5. The van der Waals surface area contributed by atoms with E-state index in [2.05, 4.69) is 18.7 Å². The molecule has 0 saturated carbocycles. The highest BCUT2D eigenvalue weighted by atomic mass is 16.5. The van der Waals surface area contributed by atoms with E-state index in [-0.39, 0.29) is 12.1 Å². The van der Waals surface area contributed by atoms with Crippen molar-refractivity contribution < 1.29 is 19.4 Å². The van der Waals surface area contributed by atoms with Crippen molar-refractivity contribution >= 4 is 11.9 Å². The van der Waals surface area contributed by atoms with Crippen LogP contribution >= 0.6 is 0 Å². The summed E-state index contributed by atoms with van der Waals surface area (Å²) < 4.78 is 5.72. The molecule has 0 rings (SSSR count). The Morgan fingerprint density at radius 1 is 0.694 bits per heavy atom. The minimum Gasteiger partial charge on any atom is -0.481 e. The number of nitrogens with two attached hydrogens (primary N) is 1. The molecule has 0 saturated heterocycles. The molecule has 0 fully saturated rings. The lowest BCUT2D eigenvalue weighted by Gasteiger charge is -2.22. The van der Waals surface area contributed by atoms with Crippen molar-refractivity contribution in [2.45, 2.75) is 155 Å². The summed E-state index contributed by atoms with van der Waals surface area (Å²) in [5, 5.41) is 8.70. The third kappa shape index (κ3) is 24.5. The van der Waals surface area contributed by atoms with E-state index in [1.54, 1.807) is 0 Å². The number of carboxylic acids is 1. The number of nitrogens with zero attached hydrogens (tertiary/aromatic N) is 1. The first-order valence-electron chi connectivity index (χ1n) is 15.4. The fourth-order valence-corrected chi connectivity index (χ4v) is 4.67. The lowest BCUT2D eigenvalue weighted by molar-refractivity contribution is -0.149. The number of aliphatic carboxylic acids is 1. The fourth-order valence-electron chi connectivity index (χ4n) is 4.67. The first-order chi connectivity index (χ1) is 17.5. The highest BCUT2D eigenvalue weighted by molar-refractivity contribution is 5.69. The van der Waals surface area contributed by atoms with Gasteiger partial charge in [-0.05, 0) is 77.5 Å². The average Bonchev–Trinajstić information content (AvgIpc) is 2.86. The molecule has 0 aliphatic rings. The second kappa shape index (κ2) is 26.9. The number of unbranched alkanes of at least 4 members (excludes halogenated alkanes) is 13. The standard InChI is InChI=1S/C30H60N2O4/c1-3-5-6-7-10-15-21-28(4-2)36-30(35)23-17-12-9-14-19-26-32(27-20-24-31)25-18-13-8-11-16-22-29(33)34/h28H,3-27,31H2,1-2H3,(H,33,34). The molecule has 6 nitrogen and oxygen atoms in total. The molecular weight excluding hydrogens is 452 g/mol. The topological polar surface area (TPSA) is 92.9 Å². The Labute approximate surface area is 223 Å². The molecule has 0 bridgehead atoms. The van der Waals surface area contributed by atoms with Gasteiger partial charge in [0, 0.05) is 12.8 Å². The van der Waals surface area contributed by atoms with Gasteiger partial charge in [-0.15, -0.1) is 0 Å². The molecule has 6 heteroatoms. The molecule has 3 N–H and O–H groups in total. The number of esters is 1. The van der Waals surface area contributed by atoms with Crippen LogP contribution in [0.3, 0.4) is 0 Å². The number of carboxylic acid groups (broad SMARTS) is 1. The van der Waals surface area contributed by atoms with E-state index in [0.717, 1.165) is 77.5 Å².